The third kappa shape index (κ3) is 3.31. The van der Waals surface area contributed by atoms with E-state index < -0.39 is 12.2 Å². The van der Waals surface area contributed by atoms with Crippen LogP contribution < -0.4 is 0 Å². The number of rotatable bonds is 7. The second-order valence-corrected chi connectivity index (χ2v) is 4.90. The van der Waals surface area contributed by atoms with Crippen molar-refractivity contribution in [3.63, 3.8) is 0 Å². The highest BCUT2D eigenvalue weighted by atomic mass is 19.3. The zero-order valence-corrected chi connectivity index (χ0v) is 9.43. The van der Waals surface area contributed by atoms with Gasteiger partial charge in [0.05, 0.1) is 13.2 Å². The molecule has 0 radical (unpaired) electrons. The van der Waals surface area contributed by atoms with Crippen LogP contribution in [0.3, 0.4) is 0 Å². The molecule has 100 valence electrons. The van der Waals surface area contributed by atoms with Crippen molar-refractivity contribution in [1.82, 2.24) is 0 Å². The molecule has 17 heavy (non-hydrogen) atoms. The van der Waals surface area contributed by atoms with Crippen molar-refractivity contribution < 1.29 is 27.0 Å². The van der Waals surface area contributed by atoms with Crippen molar-refractivity contribution in [1.29, 1.82) is 0 Å². The molecule has 0 heterocycles. The second kappa shape index (κ2) is 4.72. The standard InChI is InChI=1S/C11H16F4O2/c12-10(13,16-6-8-2-1-3-8)11(14,15)17-7-9-4-5-9/h8-9H,1-7H2. The topological polar surface area (TPSA) is 18.5 Å². The van der Waals surface area contributed by atoms with Gasteiger partial charge in [-0.3, -0.25) is 0 Å². The molecule has 2 rings (SSSR count). The van der Waals surface area contributed by atoms with E-state index in [-0.39, 0.29) is 25.0 Å². The zero-order valence-electron chi connectivity index (χ0n) is 9.43. The van der Waals surface area contributed by atoms with Gasteiger partial charge in [-0.25, -0.2) is 0 Å². The van der Waals surface area contributed by atoms with E-state index in [4.69, 9.17) is 0 Å². The van der Waals surface area contributed by atoms with Gasteiger partial charge in [0.2, 0.25) is 0 Å². The van der Waals surface area contributed by atoms with Gasteiger partial charge >= 0.3 is 12.2 Å². The third-order valence-electron chi connectivity index (χ3n) is 3.26. The van der Waals surface area contributed by atoms with Crippen molar-refractivity contribution in [3.05, 3.63) is 0 Å². The summed E-state index contributed by atoms with van der Waals surface area (Å²) < 4.78 is 60.4. The first-order valence-electron chi connectivity index (χ1n) is 5.94. The van der Waals surface area contributed by atoms with Gasteiger partial charge in [0.25, 0.3) is 0 Å². The largest absolute Gasteiger partial charge is 0.448 e. The van der Waals surface area contributed by atoms with Crippen LogP contribution in [0.25, 0.3) is 0 Å². The minimum atomic E-state index is -4.53. The van der Waals surface area contributed by atoms with Crippen LogP contribution in [0.5, 0.6) is 0 Å². The number of alkyl halides is 4. The summed E-state index contributed by atoms with van der Waals surface area (Å²) >= 11 is 0. The molecule has 0 aliphatic heterocycles. The summed E-state index contributed by atoms with van der Waals surface area (Å²) in [6.45, 7) is -0.648. The quantitative estimate of drug-likeness (QED) is 0.650. The molecule has 0 N–H and O–H groups in total. The van der Waals surface area contributed by atoms with Crippen molar-refractivity contribution >= 4 is 0 Å². The predicted octanol–water partition coefficient (Wildman–Crippen LogP) is 3.42. The molecule has 0 unspecified atom stereocenters. The molecule has 2 fully saturated rings. The highest BCUT2D eigenvalue weighted by Gasteiger charge is 2.60. The Morgan fingerprint density at radius 1 is 0.765 bits per heavy atom. The summed E-state index contributed by atoms with van der Waals surface area (Å²) in [4.78, 5) is 0. The molecule has 0 aromatic rings. The summed E-state index contributed by atoms with van der Waals surface area (Å²) in [6, 6.07) is 0. The fourth-order valence-corrected chi connectivity index (χ4v) is 1.56. The van der Waals surface area contributed by atoms with Crippen molar-refractivity contribution in [3.8, 4) is 0 Å². The maximum absolute atomic E-state index is 13.1. The Morgan fingerprint density at radius 3 is 1.47 bits per heavy atom. The molecular formula is C11H16F4O2. The summed E-state index contributed by atoms with van der Waals surface area (Å²) in [5.41, 5.74) is 0. The molecule has 0 bridgehead atoms. The van der Waals surface area contributed by atoms with Gasteiger partial charge in [0, 0.05) is 0 Å². The SMILES string of the molecule is FC(F)(OCC1CCC1)C(F)(F)OCC1CC1. The zero-order chi connectivity index (χ0) is 12.5. The monoisotopic (exact) mass is 256 g/mol. The van der Waals surface area contributed by atoms with Crippen LogP contribution in [-0.2, 0) is 9.47 Å². The fraction of sp³-hybridized carbons (Fsp3) is 1.00. The Morgan fingerprint density at radius 2 is 1.18 bits per heavy atom. The molecule has 2 saturated carbocycles. The van der Waals surface area contributed by atoms with Crippen LogP contribution in [0.15, 0.2) is 0 Å². The average Bonchev–Trinajstić information content (AvgIpc) is 2.95. The minimum absolute atomic E-state index is 0.00306. The number of ether oxygens (including phenoxy) is 2. The number of hydrogen-bond donors (Lipinski definition) is 0. The van der Waals surface area contributed by atoms with Crippen LogP contribution in [0.4, 0.5) is 17.6 Å². The van der Waals surface area contributed by atoms with Crippen LogP contribution >= 0.6 is 0 Å². The molecule has 0 amide bonds. The molecule has 0 saturated heterocycles. The summed E-state index contributed by atoms with van der Waals surface area (Å²) in [7, 11) is 0. The Hall–Kier alpha value is -0.360. The molecule has 0 spiro atoms. The highest BCUT2D eigenvalue weighted by Crippen LogP contribution is 2.40. The Kier molecular flexibility index (Phi) is 3.63. The predicted molar refractivity (Wildman–Crippen MR) is 51.9 cm³/mol. The molecule has 6 heteroatoms. The summed E-state index contributed by atoms with van der Waals surface area (Å²) in [5, 5.41) is 0. The lowest BCUT2D eigenvalue weighted by molar-refractivity contribution is -0.433. The van der Waals surface area contributed by atoms with Crippen molar-refractivity contribution in [2.75, 3.05) is 13.2 Å². The van der Waals surface area contributed by atoms with E-state index in [1.54, 1.807) is 0 Å². The second-order valence-electron chi connectivity index (χ2n) is 4.90. The Bertz CT molecular complexity index is 262. The lowest BCUT2D eigenvalue weighted by atomic mass is 9.86. The summed E-state index contributed by atoms with van der Waals surface area (Å²) in [5.74, 6) is -0.0107. The van der Waals surface area contributed by atoms with Crippen LogP contribution in [0.2, 0.25) is 0 Å². The van der Waals surface area contributed by atoms with Gasteiger partial charge in [-0.1, -0.05) is 6.42 Å². The molecule has 0 aromatic carbocycles. The van der Waals surface area contributed by atoms with E-state index in [9.17, 15) is 17.6 Å². The fourth-order valence-electron chi connectivity index (χ4n) is 1.56. The van der Waals surface area contributed by atoms with E-state index in [1.807, 2.05) is 0 Å². The molecule has 2 aliphatic rings. The van der Waals surface area contributed by atoms with Crippen molar-refractivity contribution in [2.45, 2.75) is 44.3 Å². The molecular weight excluding hydrogens is 240 g/mol. The van der Waals surface area contributed by atoms with E-state index in [2.05, 4.69) is 9.47 Å². The minimum Gasteiger partial charge on any atom is -0.313 e. The Balaban J connectivity index is 1.77. The lowest BCUT2D eigenvalue weighted by Crippen LogP contribution is -2.46. The highest BCUT2D eigenvalue weighted by molar-refractivity contribution is 4.76. The Labute approximate surface area is 97.3 Å². The molecule has 2 aliphatic carbocycles. The van der Waals surface area contributed by atoms with Crippen molar-refractivity contribution in [2.24, 2.45) is 11.8 Å². The smallest absolute Gasteiger partial charge is 0.313 e. The first-order chi connectivity index (χ1) is 7.91. The summed E-state index contributed by atoms with van der Waals surface area (Å²) in [6.07, 6.45) is -5.03. The van der Waals surface area contributed by atoms with Gasteiger partial charge in [0.15, 0.2) is 0 Å². The van der Waals surface area contributed by atoms with Gasteiger partial charge in [-0.2, -0.15) is 17.6 Å². The first kappa shape index (κ1) is 13.1. The first-order valence-corrected chi connectivity index (χ1v) is 5.94. The van der Waals surface area contributed by atoms with E-state index >= 15 is 0 Å². The van der Waals surface area contributed by atoms with Gasteiger partial charge in [0.1, 0.15) is 0 Å². The van der Waals surface area contributed by atoms with Gasteiger partial charge in [-0.05, 0) is 37.5 Å². The lowest BCUT2D eigenvalue weighted by Gasteiger charge is -2.30. The van der Waals surface area contributed by atoms with Crippen LogP contribution in [0.1, 0.15) is 32.1 Å². The molecule has 2 nitrogen and oxygen atoms in total. The molecule has 0 aromatic heterocycles. The van der Waals surface area contributed by atoms with Gasteiger partial charge in [-0.15, -0.1) is 0 Å². The van der Waals surface area contributed by atoms with E-state index in [0.29, 0.717) is 0 Å². The normalized spacial score (nSPS) is 22.6. The van der Waals surface area contributed by atoms with E-state index in [1.165, 1.54) is 0 Å². The van der Waals surface area contributed by atoms with E-state index in [0.717, 1.165) is 32.1 Å². The maximum Gasteiger partial charge on any atom is 0.448 e. The average molecular weight is 256 g/mol. The third-order valence-corrected chi connectivity index (χ3v) is 3.26. The van der Waals surface area contributed by atoms with Crippen LogP contribution in [-0.4, -0.2) is 25.4 Å². The maximum atomic E-state index is 13.1. The van der Waals surface area contributed by atoms with Gasteiger partial charge < -0.3 is 9.47 Å². The molecule has 0 atom stereocenters. The number of hydrogen-bond acceptors (Lipinski definition) is 2. The number of halogens is 4. The van der Waals surface area contributed by atoms with Crippen LogP contribution in [0, 0.1) is 11.8 Å².